The van der Waals surface area contributed by atoms with E-state index < -0.39 is 54.0 Å². The number of hydrogen-bond donors (Lipinski definition) is 3. The lowest BCUT2D eigenvalue weighted by atomic mass is 10.1. The van der Waals surface area contributed by atoms with E-state index >= 15 is 0 Å². The molecule has 0 aromatic heterocycles. The summed E-state index contributed by atoms with van der Waals surface area (Å²) in [6.07, 6.45) is -1.98. The summed E-state index contributed by atoms with van der Waals surface area (Å²) in [5, 5.41) is 16.4. The molecule has 2 aliphatic rings. The second-order valence-corrected chi connectivity index (χ2v) is 7.77. The first-order valence-electron chi connectivity index (χ1n) is 10.1. The van der Waals surface area contributed by atoms with Crippen molar-refractivity contribution in [2.75, 3.05) is 0 Å². The summed E-state index contributed by atoms with van der Waals surface area (Å²) >= 11 is 0. The summed E-state index contributed by atoms with van der Waals surface area (Å²) in [5.74, 6) is -3.21. The Kier molecular flexibility index (Phi) is 5.62. The van der Waals surface area contributed by atoms with Crippen LogP contribution in [0.1, 0.15) is 30.1 Å². The SMILES string of the molecule is CC(C(=O)NC1CC(=O)OC1O)N1C(=O)CC(NC(=O)c2ccc3ccccc3c2)C1=O. The van der Waals surface area contributed by atoms with Crippen LogP contribution in [0.15, 0.2) is 42.5 Å². The van der Waals surface area contributed by atoms with Crippen molar-refractivity contribution in [1.29, 1.82) is 0 Å². The second kappa shape index (κ2) is 8.39. The highest BCUT2D eigenvalue weighted by Crippen LogP contribution is 2.20. The lowest BCUT2D eigenvalue weighted by Gasteiger charge is -2.24. The van der Waals surface area contributed by atoms with Gasteiger partial charge in [0.1, 0.15) is 18.1 Å². The number of likely N-dealkylation sites (tertiary alicyclic amines) is 1. The van der Waals surface area contributed by atoms with Crippen LogP contribution in [0, 0.1) is 0 Å². The molecule has 2 aliphatic heterocycles. The molecule has 0 saturated carbocycles. The molecule has 0 spiro atoms. The largest absolute Gasteiger partial charge is 0.434 e. The molecule has 10 nitrogen and oxygen atoms in total. The van der Waals surface area contributed by atoms with Gasteiger partial charge in [0.25, 0.3) is 11.8 Å². The van der Waals surface area contributed by atoms with Gasteiger partial charge >= 0.3 is 5.97 Å². The third kappa shape index (κ3) is 4.04. The first-order valence-corrected chi connectivity index (χ1v) is 10.1. The molecular weight excluding hydrogens is 418 g/mol. The minimum Gasteiger partial charge on any atom is -0.434 e. The zero-order valence-corrected chi connectivity index (χ0v) is 17.1. The van der Waals surface area contributed by atoms with Crippen LogP contribution in [-0.2, 0) is 23.9 Å². The number of ether oxygens (including phenoxy) is 1. The van der Waals surface area contributed by atoms with Crippen molar-refractivity contribution in [2.45, 2.75) is 44.2 Å². The molecular formula is C22H21N3O7. The van der Waals surface area contributed by atoms with Crippen LogP contribution >= 0.6 is 0 Å². The number of aliphatic hydroxyl groups excluding tert-OH is 1. The predicted molar refractivity (Wildman–Crippen MR) is 110 cm³/mol. The van der Waals surface area contributed by atoms with Gasteiger partial charge in [0, 0.05) is 5.56 Å². The maximum Gasteiger partial charge on any atom is 0.310 e. The van der Waals surface area contributed by atoms with E-state index in [2.05, 4.69) is 15.4 Å². The molecule has 0 radical (unpaired) electrons. The van der Waals surface area contributed by atoms with E-state index in [0.717, 1.165) is 15.7 Å². The standard InChI is InChI=1S/C22H21N3O7/c1-11(19(28)24-16-10-18(27)32-22(16)31)25-17(26)9-15(21(25)30)23-20(29)14-7-6-12-4-2-3-5-13(12)8-14/h2-8,11,15-16,22,31H,9-10H2,1H3,(H,23,29)(H,24,28). The fourth-order valence-corrected chi connectivity index (χ4v) is 3.83. The Morgan fingerprint density at radius 1 is 1.06 bits per heavy atom. The number of esters is 1. The van der Waals surface area contributed by atoms with E-state index in [-0.39, 0.29) is 12.8 Å². The minimum absolute atomic E-state index is 0.216. The van der Waals surface area contributed by atoms with Crippen LogP contribution in [0.3, 0.4) is 0 Å². The second-order valence-electron chi connectivity index (χ2n) is 7.77. The number of rotatable bonds is 5. The maximum atomic E-state index is 12.8. The van der Waals surface area contributed by atoms with Gasteiger partial charge in [-0.3, -0.25) is 28.9 Å². The van der Waals surface area contributed by atoms with Crippen molar-refractivity contribution in [2.24, 2.45) is 0 Å². The molecule has 0 bridgehead atoms. The number of carbonyl (C=O) groups excluding carboxylic acids is 5. The fraction of sp³-hybridized carbons (Fsp3) is 0.318. The summed E-state index contributed by atoms with van der Waals surface area (Å²) in [4.78, 5) is 62.4. The molecule has 4 rings (SSSR count). The van der Waals surface area contributed by atoms with E-state index in [4.69, 9.17) is 0 Å². The normalized spacial score (nSPS) is 23.9. The Morgan fingerprint density at radius 2 is 1.78 bits per heavy atom. The van der Waals surface area contributed by atoms with Gasteiger partial charge in [-0.15, -0.1) is 0 Å². The monoisotopic (exact) mass is 439 g/mol. The molecule has 2 aromatic rings. The number of carbonyl (C=O) groups is 5. The van der Waals surface area contributed by atoms with Crippen molar-refractivity contribution < 1.29 is 33.8 Å². The van der Waals surface area contributed by atoms with Gasteiger partial charge in [-0.05, 0) is 29.8 Å². The van der Waals surface area contributed by atoms with Crippen LogP contribution in [0.2, 0.25) is 0 Å². The zero-order chi connectivity index (χ0) is 23.0. The number of aliphatic hydroxyl groups is 1. The first-order chi connectivity index (χ1) is 15.2. The van der Waals surface area contributed by atoms with Crippen LogP contribution in [0.4, 0.5) is 0 Å². The number of nitrogens with one attached hydrogen (secondary N) is 2. The molecule has 10 heteroatoms. The number of benzene rings is 2. The van der Waals surface area contributed by atoms with Crippen LogP contribution in [0.25, 0.3) is 10.8 Å². The van der Waals surface area contributed by atoms with Gasteiger partial charge in [-0.1, -0.05) is 30.3 Å². The molecule has 4 unspecified atom stereocenters. The third-order valence-corrected chi connectivity index (χ3v) is 5.58. The number of imide groups is 1. The summed E-state index contributed by atoms with van der Waals surface area (Å²) in [5.41, 5.74) is 0.341. The lowest BCUT2D eigenvalue weighted by molar-refractivity contribution is -0.155. The van der Waals surface area contributed by atoms with Crippen LogP contribution in [0.5, 0.6) is 0 Å². The van der Waals surface area contributed by atoms with Gasteiger partial charge < -0.3 is 20.5 Å². The third-order valence-electron chi connectivity index (χ3n) is 5.58. The molecule has 2 fully saturated rings. The zero-order valence-electron chi connectivity index (χ0n) is 17.1. The number of cyclic esters (lactones) is 1. The summed E-state index contributed by atoms with van der Waals surface area (Å²) in [6.45, 7) is 1.35. The Balaban J connectivity index is 1.42. The smallest absolute Gasteiger partial charge is 0.310 e. The molecule has 2 saturated heterocycles. The van der Waals surface area contributed by atoms with E-state index in [9.17, 15) is 29.1 Å². The predicted octanol–water partition coefficient (Wildman–Crippen LogP) is -0.164. The van der Waals surface area contributed by atoms with Crippen LogP contribution < -0.4 is 10.6 Å². The van der Waals surface area contributed by atoms with Crippen molar-refractivity contribution in [1.82, 2.24) is 15.5 Å². The van der Waals surface area contributed by atoms with Gasteiger partial charge in [0.2, 0.25) is 18.1 Å². The highest BCUT2D eigenvalue weighted by Gasteiger charge is 2.45. The van der Waals surface area contributed by atoms with E-state index in [1.54, 1.807) is 18.2 Å². The van der Waals surface area contributed by atoms with Gasteiger partial charge in [-0.2, -0.15) is 0 Å². The average Bonchev–Trinajstić information content (AvgIpc) is 3.23. The van der Waals surface area contributed by atoms with Gasteiger partial charge in [-0.25, -0.2) is 0 Å². The maximum absolute atomic E-state index is 12.8. The van der Waals surface area contributed by atoms with Crippen molar-refractivity contribution in [3.05, 3.63) is 48.0 Å². The average molecular weight is 439 g/mol. The van der Waals surface area contributed by atoms with Crippen molar-refractivity contribution in [3.8, 4) is 0 Å². The molecule has 2 aromatic carbocycles. The number of fused-ring (bicyclic) bond motifs is 1. The Bertz CT molecular complexity index is 1130. The Morgan fingerprint density at radius 3 is 2.47 bits per heavy atom. The van der Waals surface area contributed by atoms with E-state index in [1.807, 2.05) is 24.3 Å². The molecule has 0 aliphatic carbocycles. The van der Waals surface area contributed by atoms with Gasteiger partial charge in [0.15, 0.2) is 0 Å². The highest BCUT2D eigenvalue weighted by molar-refractivity contribution is 6.11. The molecule has 4 amide bonds. The summed E-state index contributed by atoms with van der Waals surface area (Å²) in [7, 11) is 0. The van der Waals surface area contributed by atoms with Crippen LogP contribution in [-0.4, -0.2) is 64.0 Å². The number of amides is 4. The molecule has 166 valence electrons. The number of nitrogens with zero attached hydrogens (tertiary/aromatic N) is 1. The first kappa shape index (κ1) is 21.4. The van der Waals surface area contributed by atoms with Gasteiger partial charge in [0.05, 0.1) is 12.8 Å². The van der Waals surface area contributed by atoms with Crippen molar-refractivity contribution in [3.63, 3.8) is 0 Å². The molecule has 3 N–H and O–H groups in total. The molecule has 4 atom stereocenters. The topological polar surface area (TPSA) is 142 Å². The molecule has 32 heavy (non-hydrogen) atoms. The minimum atomic E-state index is -1.49. The van der Waals surface area contributed by atoms with Crippen molar-refractivity contribution >= 4 is 40.4 Å². The molecule has 2 heterocycles. The van der Waals surface area contributed by atoms with E-state index in [0.29, 0.717) is 5.56 Å². The summed E-state index contributed by atoms with van der Waals surface area (Å²) < 4.78 is 4.56. The summed E-state index contributed by atoms with van der Waals surface area (Å²) in [6, 6.07) is 9.35. The Hall–Kier alpha value is -3.79. The Labute approximate surface area is 182 Å². The fourth-order valence-electron chi connectivity index (χ4n) is 3.83. The number of hydrogen-bond acceptors (Lipinski definition) is 7. The lowest BCUT2D eigenvalue weighted by Crippen LogP contribution is -2.53. The van der Waals surface area contributed by atoms with E-state index in [1.165, 1.54) is 6.92 Å². The highest BCUT2D eigenvalue weighted by atomic mass is 16.6. The quantitative estimate of drug-likeness (QED) is 0.434.